The average Bonchev–Trinajstić information content (AvgIpc) is 2.46. The number of nitrogens with zero attached hydrogens (tertiary/aromatic N) is 2. The third kappa shape index (κ3) is 3.39. The second-order valence-electron chi connectivity index (χ2n) is 4.04. The van der Waals surface area contributed by atoms with Crippen molar-refractivity contribution in [2.24, 2.45) is 0 Å². The van der Waals surface area contributed by atoms with Gasteiger partial charge in [0.05, 0.1) is 23.7 Å². The quantitative estimate of drug-likeness (QED) is 0.845. The highest BCUT2D eigenvalue weighted by molar-refractivity contribution is 6.18. The van der Waals surface area contributed by atoms with Gasteiger partial charge in [-0.05, 0) is 18.2 Å². The minimum atomic E-state index is -0.211. The molecule has 1 aromatic heterocycles. The number of alkyl halides is 1. The number of amides is 1. The zero-order valence-corrected chi connectivity index (χ0v) is 11.2. The first-order valence-corrected chi connectivity index (χ1v) is 6.34. The molecule has 1 N–H and O–H groups in total. The predicted octanol–water partition coefficient (Wildman–Crippen LogP) is 1.61. The number of hydrogen-bond acceptors (Lipinski definition) is 4. The third-order valence-corrected chi connectivity index (χ3v) is 2.99. The summed E-state index contributed by atoms with van der Waals surface area (Å²) in [5.74, 6) is 0.0997. The van der Waals surface area contributed by atoms with Crippen LogP contribution in [-0.2, 0) is 4.74 Å². The SMILES string of the molecule is COCC(CCl)NC(=O)c1ccc2nccnc2c1. The van der Waals surface area contributed by atoms with Gasteiger partial charge in [0, 0.05) is 30.9 Å². The smallest absolute Gasteiger partial charge is 0.251 e. The van der Waals surface area contributed by atoms with E-state index < -0.39 is 0 Å². The minimum absolute atomic E-state index is 0.199. The molecule has 5 nitrogen and oxygen atoms in total. The topological polar surface area (TPSA) is 64.1 Å². The number of aromatic nitrogens is 2. The number of hydrogen-bond donors (Lipinski definition) is 1. The standard InChI is InChI=1S/C13H14ClN3O2/c1-19-8-10(7-14)17-13(18)9-2-3-11-12(6-9)16-5-4-15-11/h2-6,10H,7-8H2,1H3,(H,17,18). The van der Waals surface area contributed by atoms with Crippen molar-refractivity contribution in [2.75, 3.05) is 19.6 Å². The first-order chi connectivity index (χ1) is 9.24. The summed E-state index contributed by atoms with van der Waals surface area (Å²) in [5, 5.41) is 2.80. The summed E-state index contributed by atoms with van der Waals surface area (Å²) in [6, 6.07) is 4.97. The third-order valence-electron chi connectivity index (χ3n) is 2.62. The van der Waals surface area contributed by atoms with Gasteiger partial charge in [-0.25, -0.2) is 0 Å². The van der Waals surface area contributed by atoms with E-state index in [9.17, 15) is 4.79 Å². The number of rotatable bonds is 5. The summed E-state index contributed by atoms with van der Waals surface area (Å²) in [5.41, 5.74) is 1.97. The lowest BCUT2D eigenvalue weighted by Gasteiger charge is -2.15. The fourth-order valence-corrected chi connectivity index (χ4v) is 1.87. The van der Waals surface area contributed by atoms with Crippen molar-refractivity contribution in [3.8, 4) is 0 Å². The van der Waals surface area contributed by atoms with E-state index in [2.05, 4.69) is 15.3 Å². The molecule has 0 spiro atoms. The molecule has 2 rings (SSSR count). The van der Waals surface area contributed by atoms with Crippen LogP contribution >= 0.6 is 11.6 Å². The van der Waals surface area contributed by atoms with Gasteiger partial charge in [0.15, 0.2) is 0 Å². The zero-order valence-electron chi connectivity index (χ0n) is 10.5. The molecule has 1 atom stereocenters. The van der Waals surface area contributed by atoms with Crippen molar-refractivity contribution in [3.05, 3.63) is 36.2 Å². The van der Waals surface area contributed by atoms with Crippen LogP contribution in [0, 0.1) is 0 Å². The number of fused-ring (bicyclic) bond motifs is 1. The molecule has 0 aliphatic heterocycles. The molecule has 1 heterocycles. The average molecular weight is 280 g/mol. The van der Waals surface area contributed by atoms with Gasteiger partial charge < -0.3 is 10.1 Å². The first kappa shape index (κ1) is 13.7. The van der Waals surface area contributed by atoms with Crippen LogP contribution in [0.5, 0.6) is 0 Å². The van der Waals surface area contributed by atoms with Gasteiger partial charge in [-0.1, -0.05) is 0 Å². The summed E-state index contributed by atoms with van der Waals surface area (Å²) in [6.45, 7) is 0.378. The van der Waals surface area contributed by atoms with Crippen molar-refractivity contribution in [3.63, 3.8) is 0 Å². The van der Waals surface area contributed by atoms with Crippen LogP contribution in [0.15, 0.2) is 30.6 Å². The number of carbonyl (C=O) groups is 1. The molecule has 0 saturated carbocycles. The molecule has 1 unspecified atom stereocenters. The number of benzene rings is 1. The maximum Gasteiger partial charge on any atom is 0.251 e. The highest BCUT2D eigenvalue weighted by Gasteiger charge is 2.13. The van der Waals surface area contributed by atoms with Crippen LogP contribution in [0.1, 0.15) is 10.4 Å². The van der Waals surface area contributed by atoms with Crippen LogP contribution in [0.4, 0.5) is 0 Å². The summed E-state index contributed by atoms with van der Waals surface area (Å²) in [7, 11) is 1.57. The Morgan fingerprint density at radius 2 is 2.11 bits per heavy atom. The van der Waals surface area contributed by atoms with Crippen molar-refractivity contribution in [1.29, 1.82) is 0 Å². The molecule has 0 saturated heterocycles. The number of halogens is 1. The molecule has 0 radical (unpaired) electrons. The molecular weight excluding hydrogens is 266 g/mol. The van der Waals surface area contributed by atoms with E-state index in [0.717, 1.165) is 5.52 Å². The lowest BCUT2D eigenvalue weighted by atomic mass is 10.1. The normalized spacial score (nSPS) is 12.3. The number of methoxy groups -OCH3 is 1. The zero-order chi connectivity index (χ0) is 13.7. The summed E-state index contributed by atoms with van der Waals surface area (Å²) in [6.07, 6.45) is 3.21. The Morgan fingerprint density at radius 3 is 2.79 bits per heavy atom. The molecule has 100 valence electrons. The lowest BCUT2D eigenvalue weighted by Crippen LogP contribution is -2.39. The fraction of sp³-hybridized carbons (Fsp3) is 0.308. The van der Waals surface area contributed by atoms with Gasteiger partial charge in [-0.3, -0.25) is 14.8 Å². The Kier molecular flexibility index (Phi) is 4.65. The molecule has 0 bridgehead atoms. The van der Waals surface area contributed by atoms with E-state index in [0.29, 0.717) is 23.6 Å². The molecule has 0 aliphatic rings. The van der Waals surface area contributed by atoms with E-state index >= 15 is 0 Å². The molecule has 1 aromatic carbocycles. The Hall–Kier alpha value is -1.72. The van der Waals surface area contributed by atoms with Gasteiger partial charge in [0.2, 0.25) is 0 Å². The minimum Gasteiger partial charge on any atom is -0.383 e. The van der Waals surface area contributed by atoms with Gasteiger partial charge in [0.25, 0.3) is 5.91 Å². The number of nitrogens with one attached hydrogen (secondary N) is 1. The van der Waals surface area contributed by atoms with E-state index in [-0.39, 0.29) is 11.9 Å². The Balaban J connectivity index is 2.16. The van der Waals surface area contributed by atoms with Crippen molar-refractivity contribution in [2.45, 2.75) is 6.04 Å². The van der Waals surface area contributed by atoms with Gasteiger partial charge >= 0.3 is 0 Å². The molecule has 2 aromatic rings. The van der Waals surface area contributed by atoms with Crippen LogP contribution in [0.3, 0.4) is 0 Å². The Morgan fingerprint density at radius 1 is 1.37 bits per heavy atom. The van der Waals surface area contributed by atoms with Gasteiger partial charge in [0.1, 0.15) is 0 Å². The highest BCUT2D eigenvalue weighted by atomic mass is 35.5. The maximum absolute atomic E-state index is 12.1. The van der Waals surface area contributed by atoms with Crippen LogP contribution in [0.25, 0.3) is 11.0 Å². The second-order valence-corrected chi connectivity index (χ2v) is 4.35. The molecule has 0 aliphatic carbocycles. The summed E-state index contributed by atoms with van der Waals surface area (Å²) >= 11 is 5.76. The molecule has 19 heavy (non-hydrogen) atoms. The monoisotopic (exact) mass is 279 g/mol. The van der Waals surface area contributed by atoms with Gasteiger partial charge in [-0.2, -0.15) is 0 Å². The molecule has 6 heteroatoms. The van der Waals surface area contributed by atoms with E-state index in [1.807, 2.05) is 0 Å². The molecule has 1 amide bonds. The Bertz CT molecular complexity index is 577. The Labute approximate surface area is 116 Å². The van der Waals surface area contributed by atoms with Crippen LogP contribution in [-0.4, -0.2) is 41.5 Å². The van der Waals surface area contributed by atoms with Crippen LogP contribution < -0.4 is 5.32 Å². The summed E-state index contributed by atoms with van der Waals surface area (Å²) in [4.78, 5) is 20.4. The predicted molar refractivity (Wildman–Crippen MR) is 73.4 cm³/mol. The lowest BCUT2D eigenvalue weighted by molar-refractivity contribution is 0.0907. The van der Waals surface area contributed by atoms with E-state index in [1.165, 1.54) is 0 Å². The highest BCUT2D eigenvalue weighted by Crippen LogP contribution is 2.11. The van der Waals surface area contributed by atoms with E-state index in [4.69, 9.17) is 16.3 Å². The number of ether oxygens (including phenoxy) is 1. The van der Waals surface area contributed by atoms with Crippen molar-refractivity contribution >= 4 is 28.5 Å². The molecular formula is C13H14ClN3O2. The van der Waals surface area contributed by atoms with Crippen molar-refractivity contribution in [1.82, 2.24) is 15.3 Å². The van der Waals surface area contributed by atoms with Crippen LogP contribution in [0.2, 0.25) is 0 Å². The van der Waals surface area contributed by atoms with E-state index in [1.54, 1.807) is 37.7 Å². The molecule has 0 fully saturated rings. The van der Waals surface area contributed by atoms with Crippen molar-refractivity contribution < 1.29 is 9.53 Å². The first-order valence-electron chi connectivity index (χ1n) is 5.81. The van der Waals surface area contributed by atoms with Gasteiger partial charge in [-0.15, -0.1) is 11.6 Å². The summed E-state index contributed by atoms with van der Waals surface area (Å²) < 4.78 is 4.98. The fourth-order valence-electron chi connectivity index (χ4n) is 1.70. The number of carbonyl (C=O) groups excluding carboxylic acids is 1. The second kappa shape index (κ2) is 6.45. The maximum atomic E-state index is 12.1. The largest absolute Gasteiger partial charge is 0.383 e.